The second kappa shape index (κ2) is 4.35. The van der Waals surface area contributed by atoms with Crippen LogP contribution in [-0.4, -0.2) is 12.5 Å². The lowest BCUT2D eigenvalue weighted by atomic mass is 9.90. The first kappa shape index (κ1) is 12.0. The van der Waals surface area contributed by atoms with Crippen LogP contribution in [0.15, 0.2) is 46.9 Å². The monoisotopic (exact) mass is 328 g/mol. The maximum Gasteiger partial charge on any atom is 0.251 e. The van der Waals surface area contributed by atoms with Crippen LogP contribution in [0.3, 0.4) is 0 Å². The number of amides is 1. The number of rotatable bonds is 0. The van der Waals surface area contributed by atoms with Crippen molar-refractivity contribution in [3.63, 3.8) is 0 Å². The number of carbonyl (C=O) groups is 1. The SMILES string of the molecule is O=C1Nc2cc(Br)ccc2N2CCc3ccccc3C12. The molecule has 1 atom stereocenters. The Kier molecular flexibility index (Phi) is 2.60. The Hall–Kier alpha value is -1.81. The number of benzene rings is 2. The molecule has 0 spiro atoms. The topological polar surface area (TPSA) is 32.3 Å². The van der Waals surface area contributed by atoms with Crippen molar-refractivity contribution in [2.24, 2.45) is 0 Å². The summed E-state index contributed by atoms with van der Waals surface area (Å²) in [5.74, 6) is 0.0581. The van der Waals surface area contributed by atoms with Gasteiger partial charge in [0, 0.05) is 11.0 Å². The molecule has 0 aromatic heterocycles. The van der Waals surface area contributed by atoms with Crippen molar-refractivity contribution in [2.45, 2.75) is 12.5 Å². The van der Waals surface area contributed by atoms with Crippen LogP contribution in [0.4, 0.5) is 11.4 Å². The van der Waals surface area contributed by atoms with Crippen molar-refractivity contribution < 1.29 is 4.79 Å². The van der Waals surface area contributed by atoms with Gasteiger partial charge >= 0.3 is 0 Å². The second-order valence-electron chi connectivity index (χ2n) is 5.20. The number of halogens is 1. The lowest BCUT2D eigenvalue weighted by Gasteiger charge is -2.42. The summed E-state index contributed by atoms with van der Waals surface area (Å²) < 4.78 is 0.979. The molecule has 0 radical (unpaired) electrons. The first-order valence-corrected chi connectivity index (χ1v) is 7.48. The lowest BCUT2D eigenvalue weighted by molar-refractivity contribution is -0.117. The zero-order valence-electron chi connectivity index (χ0n) is 10.8. The Morgan fingerprint density at radius 1 is 1.20 bits per heavy atom. The molecule has 1 amide bonds. The van der Waals surface area contributed by atoms with Crippen LogP contribution < -0.4 is 10.2 Å². The van der Waals surface area contributed by atoms with Crippen LogP contribution in [0.2, 0.25) is 0 Å². The molecule has 0 aliphatic carbocycles. The number of carbonyl (C=O) groups excluding carboxylic acids is 1. The lowest BCUT2D eigenvalue weighted by Crippen LogP contribution is -2.45. The summed E-state index contributed by atoms with van der Waals surface area (Å²) in [6.45, 7) is 0.879. The Morgan fingerprint density at radius 3 is 2.95 bits per heavy atom. The van der Waals surface area contributed by atoms with Crippen molar-refractivity contribution in [2.75, 3.05) is 16.8 Å². The van der Waals surface area contributed by atoms with E-state index in [1.165, 1.54) is 5.56 Å². The van der Waals surface area contributed by atoms with Gasteiger partial charge in [-0.15, -0.1) is 0 Å². The van der Waals surface area contributed by atoms with E-state index in [4.69, 9.17) is 0 Å². The zero-order valence-corrected chi connectivity index (χ0v) is 12.4. The minimum atomic E-state index is -0.200. The molecule has 1 N–H and O–H groups in total. The summed E-state index contributed by atoms with van der Waals surface area (Å²) in [4.78, 5) is 14.7. The van der Waals surface area contributed by atoms with Gasteiger partial charge in [0.2, 0.25) is 0 Å². The Bertz CT molecular complexity index is 713. The molecular formula is C16H13BrN2O. The number of anilines is 2. The third-order valence-electron chi connectivity index (χ3n) is 4.06. The molecule has 20 heavy (non-hydrogen) atoms. The third-order valence-corrected chi connectivity index (χ3v) is 4.55. The van der Waals surface area contributed by atoms with Gasteiger partial charge in [-0.1, -0.05) is 40.2 Å². The van der Waals surface area contributed by atoms with Crippen LogP contribution in [-0.2, 0) is 11.2 Å². The van der Waals surface area contributed by atoms with Gasteiger partial charge in [-0.3, -0.25) is 4.79 Å². The largest absolute Gasteiger partial charge is 0.354 e. The molecule has 2 heterocycles. The minimum Gasteiger partial charge on any atom is -0.354 e. The number of hydrogen-bond donors (Lipinski definition) is 1. The standard InChI is InChI=1S/C16H13BrN2O/c17-11-5-6-14-13(9-11)18-16(20)15-12-4-2-1-3-10(12)7-8-19(14)15/h1-6,9,15H,7-8H2,(H,18,20). The third kappa shape index (κ3) is 1.68. The summed E-state index contributed by atoms with van der Waals surface area (Å²) in [7, 11) is 0. The summed E-state index contributed by atoms with van der Waals surface area (Å²) in [6.07, 6.45) is 0.982. The molecule has 0 bridgehead atoms. The van der Waals surface area contributed by atoms with E-state index in [0.717, 1.165) is 34.4 Å². The number of fused-ring (bicyclic) bond motifs is 5. The smallest absolute Gasteiger partial charge is 0.251 e. The molecule has 4 rings (SSSR count). The van der Waals surface area contributed by atoms with Crippen molar-refractivity contribution in [3.05, 3.63) is 58.1 Å². The predicted molar refractivity (Wildman–Crippen MR) is 83.0 cm³/mol. The fraction of sp³-hybridized carbons (Fsp3) is 0.188. The van der Waals surface area contributed by atoms with Crippen LogP contribution in [0.5, 0.6) is 0 Å². The summed E-state index contributed by atoms with van der Waals surface area (Å²) in [5, 5.41) is 3.03. The maximum atomic E-state index is 12.5. The van der Waals surface area contributed by atoms with Crippen molar-refractivity contribution in [1.29, 1.82) is 0 Å². The van der Waals surface area contributed by atoms with E-state index < -0.39 is 0 Å². The molecule has 2 aliphatic heterocycles. The van der Waals surface area contributed by atoms with E-state index >= 15 is 0 Å². The highest BCUT2D eigenvalue weighted by Crippen LogP contribution is 2.42. The van der Waals surface area contributed by atoms with Crippen molar-refractivity contribution in [1.82, 2.24) is 0 Å². The molecule has 0 fully saturated rings. The highest BCUT2D eigenvalue weighted by Gasteiger charge is 2.37. The molecule has 100 valence electrons. The Balaban J connectivity index is 1.87. The number of nitrogens with zero attached hydrogens (tertiary/aromatic N) is 1. The van der Waals surface area contributed by atoms with E-state index in [-0.39, 0.29) is 11.9 Å². The van der Waals surface area contributed by atoms with Gasteiger partial charge < -0.3 is 10.2 Å². The zero-order chi connectivity index (χ0) is 13.7. The molecule has 0 saturated carbocycles. The normalized spacial score (nSPS) is 19.8. The molecule has 3 nitrogen and oxygen atoms in total. The summed E-state index contributed by atoms with van der Waals surface area (Å²) >= 11 is 3.45. The summed E-state index contributed by atoms with van der Waals surface area (Å²) in [6, 6.07) is 14.1. The van der Waals surface area contributed by atoms with Crippen molar-refractivity contribution >= 4 is 33.2 Å². The number of nitrogens with one attached hydrogen (secondary N) is 1. The van der Waals surface area contributed by atoms with Gasteiger partial charge in [0.1, 0.15) is 6.04 Å². The first-order valence-electron chi connectivity index (χ1n) is 6.69. The van der Waals surface area contributed by atoms with Gasteiger partial charge in [0.25, 0.3) is 5.91 Å². The van der Waals surface area contributed by atoms with E-state index in [2.05, 4.69) is 44.3 Å². The fourth-order valence-electron chi connectivity index (χ4n) is 3.17. The Labute approximate surface area is 125 Å². The molecular weight excluding hydrogens is 316 g/mol. The predicted octanol–water partition coefficient (Wildman–Crippen LogP) is 3.51. The van der Waals surface area contributed by atoms with Crippen LogP contribution in [0.25, 0.3) is 0 Å². The van der Waals surface area contributed by atoms with E-state index in [1.807, 2.05) is 24.3 Å². The average Bonchev–Trinajstić information content (AvgIpc) is 2.46. The van der Waals surface area contributed by atoms with E-state index in [1.54, 1.807) is 0 Å². The van der Waals surface area contributed by atoms with Crippen LogP contribution in [0, 0.1) is 0 Å². The quantitative estimate of drug-likeness (QED) is 0.802. The minimum absolute atomic E-state index is 0.0581. The highest BCUT2D eigenvalue weighted by molar-refractivity contribution is 9.10. The Morgan fingerprint density at radius 2 is 2.05 bits per heavy atom. The maximum absolute atomic E-state index is 12.5. The van der Waals surface area contributed by atoms with E-state index in [0.29, 0.717) is 0 Å². The highest BCUT2D eigenvalue weighted by atomic mass is 79.9. The molecule has 2 aliphatic rings. The number of hydrogen-bond acceptors (Lipinski definition) is 2. The van der Waals surface area contributed by atoms with Gasteiger partial charge in [-0.05, 0) is 35.7 Å². The molecule has 4 heteroatoms. The van der Waals surface area contributed by atoms with Crippen LogP contribution >= 0.6 is 15.9 Å². The molecule has 2 aromatic rings. The summed E-state index contributed by atoms with van der Waals surface area (Å²) in [5.41, 5.74) is 4.40. The first-order chi connectivity index (χ1) is 9.74. The average molecular weight is 329 g/mol. The molecule has 2 aromatic carbocycles. The van der Waals surface area contributed by atoms with Crippen LogP contribution in [0.1, 0.15) is 17.2 Å². The van der Waals surface area contributed by atoms with Gasteiger partial charge in [0.05, 0.1) is 11.4 Å². The van der Waals surface area contributed by atoms with Gasteiger partial charge in [0.15, 0.2) is 0 Å². The fourth-order valence-corrected chi connectivity index (χ4v) is 3.53. The van der Waals surface area contributed by atoms with Gasteiger partial charge in [-0.2, -0.15) is 0 Å². The van der Waals surface area contributed by atoms with E-state index in [9.17, 15) is 4.79 Å². The molecule has 1 unspecified atom stereocenters. The van der Waals surface area contributed by atoms with Gasteiger partial charge in [-0.25, -0.2) is 0 Å². The second-order valence-corrected chi connectivity index (χ2v) is 6.11. The molecule has 0 saturated heterocycles. The van der Waals surface area contributed by atoms with Crippen molar-refractivity contribution in [3.8, 4) is 0 Å².